The number of amides is 2. The summed E-state index contributed by atoms with van der Waals surface area (Å²) in [6, 6.07) is 18.0. The second-order valence-corrected chi connectivity index (χ2v) is 9.58. The summed E-state index contributed by atoms with van der Waals surface area (Å²) in [6.07, 6.45) is 2.08. The van der Waals surface area contributed by atoms with Crippen molar-refractivity contribution in [2.45, 2.75) is 23.5 Å². The highest BCUT2D eigenvalue weighted by molar-refractivity contribution is 8.00. The van der Waals surface area contributed by atoms with Gasteiger partial charge in [-0.15, -0.1) is 23.1 Å². The van der Waals surface area contributed by atoms with Crippen molar-refractivity contribution < 1.29 is 14.0 Å². The second-order valence-electron chi connectivity index (χ2n) is 7.01. The summed E-state index contributed by atoms with van der Waals surface area (Å²) in [4.78, 5) is 30.5. The van der Waals surface area contributed by atoms with Crippen LogP contribution in [0.3, 0.4) is 0 Å². The van der Waals surface area contributed by atoms with Crippen molar-refractivity contribution in [2.24, 2.45) is 0 Å². The summed E-state index contributed by atoms with van der Waals surface area (Å²) in [5, 5.41) is 8.52. The minimum Gasteiger partial charge on any atom is -0.459 e. The lowest BCUT2D eigenvalue weighted by molar-refractivity contribution is -0.115. The Bertz CT molecular complexity index is 1240. The molecule has 0 spiro atoms. The number of thioether (sulfide) groups is 1. The molecule has 0 saturated carbocycles. The molecule has 33 heavy (non-hydrogen) atoms. The maximum atomic E-state index is 12.9. The fourth-order valence-corrected chi connectivity index (χ4v) is 4.87. The molecule has 4 rings (SSSR count). The SMILES string of the molecule is CCC(Sc1cccc(NC(=O)c2ccco2)c1)C(=O)Nc1nc(-c2ccc(Cl)cc2)cs1. The summed E-state index contributed by atoms with van der Waals surface area (Å²) in [5.74, 6) is -0.211. The van der Waals surface area contributed by atoms with Gasteiger partial charge in [-0.25, -0.2) is 4.98 Å². The Balaban J connectivity index is 1.39. The molecule has 0 aliphatic carbocycles. The molecule has 2 aromatic carbocycles. The highest BCUT2D eigenvalue weighted by Crippen LogP contribution is 2.30. The fourth-order valence-electron chi connectivity index (χ4n) is 3.00. The van der Waals surface area contributed by atoms with Crippen molar-refractivity contribution in [1.82, 2.24) is 4.98 Å². The van der Waals surface area contributed by atoms with Crippen LogP contribution in [-0.2, 0) is 4.79 Å². The van der Waals surface area contributed by atoms with Crippen LogP contribution in [0.15, 0.2) is 81.6 Å². The average Bonchev–Trinajstić information content (AvgIpc) is 3.51. The van der Waals surface area contributed by atoms with Gasteiger partial charge in [0.1, 0.15) is 0 Å². The number of carbonyl (C=O) groups excluding carboxylic acids is 2. The van der Waals surface area contributed by atoms with Gasteiger partial charge in [0.15, 0.2) is 10.9 Å². The molecule has 2 heterocycles. The molecule has 0 radical (unpaired) electrons. The number of nitrogens with one attached hydrogen (secondary N) is 2. The molecule has 0 saturated heterocycles. The largest absolute Gasteiger partial charge is 0.459 e. The summed E-state index contributed by atoms with van der Waals surface area (Å²) >= 11 is 8.76. The van der Waals surface area contributed by atoms with Crippen LogP contribution < -0.4 is 10.6 Å². The fraction of sp³-hybridized carbons (Fsp3) is 0.125. The predicted octanol–water partition coefficient (Wildman–Crippen LogP) is 6.82. The first kappa shape index (κ1) is 23.1. The molecule has 9 heteroatoms. The maximum absolute atomic E-state index is 12.9. The number of benzene rings is 2. The third-order valence-electron chi connectivity index (χ3n) is 4.65. The third-order valence-corrected chi connectivity index (χ3v) is 7.02. The lowest BCUT2D eigenvalue weighted by Crippen LogP contribution is -2.24. The van der Waals surface area contributed by atoms with E-state index in [0.717, 1.165) is 16.2 Å². The minimum atomic E-state index is -0.327. The van der Waals surface area contributed by atoms with Crippen LogP contribution >= 0.6 is 34.7 Å². The van der Waals surface area contributed by atoms with Crippen LogP contribution in [0, 0.1) is 0 Å². The van der Waals surface area contributed by atoms with Gasteiger partial charge >= 0.3 is 0 Å². The number of furan rings is 1. The molecular weight excluding hydrogens is 478 g/mol. The number of carbonyl (C=O) groups is 2. The molecule has 2 aromatic heterocycles. The molecule has 0 aliphatic rings. The summed E-state index contributed by atoms with van der Waals surface area (Å²) in [5.41, 5.74) is 2.35. The highest BCUT2D eigenvalue weighted by atomic mass is 35.5. The van der Waals surface area contributed by atoms with Crippen molar-refractivity contribution in [2.75, 3.05) is 10.6 Å². The standard InChI is InChI=1S/C24H20ClN3O3S2/c1-2-21(23(30)28-24-27-19(14-32-24)15-8-10-16(25)11-9-15)33-18-6-3-5-17(13-18)26-22(29)20-7-4-12-31-20/h3-14,21H,2H2,1H3,(H,26,29)(H,27,28,30). The van der Waals surface area contributed by atoms with Gasteiger partial charge < -0.3 is 15.1 Å². The first-order chi connectivity index (χ1) is 16.0. The van der Waals surface area contributed by atoms with Gasteiger partial charge in [0.25, 0.3) is 5.91 Å². The van der Waals surface area contributed by atoms with Crippen molar-refractivity contribution >= 4 is 57.3 Å². The van der Waals surface area contributed by atoms with Crippen LogP contribution in [0.5, 0.6) is 0 Å². The molecule has 0 fully saturated rings. The van der Waals surface area contributed by atoms with E-state index < -0.39 is 0 Å². The summed E-state index contributed by atoms with van der Waals surface area (Å²) in [7, 11) is 0. The zero-order valence-corrected chi connectivity index (χ0v) is 20.0. The Hall–Kier alpha value is -3.07. The van der Waals surface area contributed by atoms with E-state index >= 15 is 0 Å². The van der Waals surface area contributed by atoms with Gasteiger partial charge in [-0.1, -0.05) is 36.7 Å². The van der Waals surface area contributed by atoms with Crippen LogP contribution in [0.1, 0.15) is 23.9 Å². The molecule has 2 amide bonds. The van der Waals surface area contributed by atoms with Crippen molar-refractivity contribution in [3.05, 3.63) is 83.1 Å². The van der Waals surface area contributed by atoms with Crippen molar-refractivity contribution in [3.8, 4) is 11.3 Å². The molecule has 168 valence electrons. The van der Waals surface area contributed by atoms with Crippen LogP contribution in [0.25, 0.3) is 11.3 Å². The van der Waals surface area contributed by atoms with E-state index in [1.54, 1.807) is 18.2 Å². The van der Waals surface area contributed by atoms with Crippen molar-refractivity contribution in [1.29, 1.82) is 0 Å². The molecule has 0 aliphatic heterocycles. The van der Waals surface area contributed by atoms with Crippen molar-refractivity contribution in [3.63, 3.8) is 0 Å². The van der Waals surface area contributed by atoms with E-state index in [1.165, 1.54) is 29.4 Å². The van der Waals surface area contributed by atoms with E-state index in [1.807, 2.05) is 54.8 Å². The summed E-state index contributed by atoms with van der Waals surface area (Å²) in [6.45, 7) is 1.96. The zero-order valence-electron chi connectivity index (χ0n) is 17.6. The number of aromatic nitrogens is 1. The Kier molecular flexibility index (Phi) is 7.49. The van der Waals surface area contributed by atoms with E-state index in [2.05, 4.69) is 15.6 Å². The number of hydrogen-bond donors (Lipinski definition) is 2. The quantitative estimate of drug-likeness (QED) is 0.261. The molecule has 4 aromatic rings. The van der Waals surface area contributed by atoms with Crippen LogP contribution in [-0.4, -0.2) is 22.0 Å². The number of anilines is 2. The number of hydrogen-bond acceptors (Lipinski definition) is 6. The smallest absolute Gasteiger partial charge is 0.291 e. The topological polar surface area (TPSA) is 84.2 Å². The first-order valence-electron chi connectivity index (χ1n) is 10.2. The van der Waals surface area contributed by atoms with Gasteiger partial charge in [-0.2, -0.15) is 0 Å². The Morgan fingerprint density at radius 3 is 2.67 bits per heavy atom. The molecule has 6 nitrogen and oxygen atoms in total. The zero-order chi connectivity index (χ0) is 23.2. The van der Waals surface area contributed by atoms with Crippen LogP contribution in [0.2, 0.25) is 5.02 Å². The van der Waals surface area contributed by atoms with E-state index in [0.29, 0.717) is 22.3 Å². The maximum Gasteiger partial charge on any atom is 0.291 e. The Morgan fingerprint density at radius 1 is 1.12 bits per heavy atom. The first-order valence-corrected chi connectivity index (χ1v) is 12.3. The third kappa shape index (κ3) is 6.04. The number of rotatable bonds is 8. The molecule has 1 unspecified atom stereocenters. The monoisotopic (exact) mass is 497 g/mol. The number of nitrogens with zero attached hydrogens (tertiary/aromatic N) is 1. The van der Waals surface area contributed by atoms with E-state index in [9.17, 15) is 9.59 Å². The minimum absolute atomic E-state index is 0.121. The molecule has 2 N–H and O–H groups in total. The van der Waals surface area contributed by atoms with Gasteiger partial charge in [0.2, 0.25) is 5.91 Å². The van der Waals surface area contributed by atoms with E-state index in [-0.39, 0.29) is 22.8 Å². The van der Waals surface area contributed by atoms with Gasteiger partial charge in [0.05, 0.1) is 17.2 Å². The molecular formula is C24H20ClN3O3S2. The molecule has 0 bridgehead atoms. The molecule has 1 atom stereocenters. The second kappa shape index (κ2) is 10.7. The van der Waals surface area contributed by atoms with Gasteiger partial charge in [-0.05, 0) is 48.9 Å². The van der Waals surface area contributed by atoms with E-state index in [4.69, 9.17) is 16.0 Å². The highest BCUT2D eigenvalue weighted by Gasteiger charge is 2.20. The predicted molar refractivity (Wildman–Crippen MR) is 134 cm³/mol. The summed E-state index contributed by atoms with van der Waals surface area (Å²) < 4.78 is 5.12. The number of thiazole rings is 1. The number of halogens is 1. The normalized spacial score (nSPS) is 11.7. The lowest BCUT2D eigenvalue weighted by Gasteiger charge is -2.14. The average molecular weight is 498 g/mol. The van der Waals surface area contributed by atoms with Gasteiger partial charge in [0, 0.05) is 26.5 Å². The Morgan fingerprint density at radius 2 is 1.94 bits per heavy atom. The van der Waals surface area contributed by atoms with Crippen LogP contribution in [0.4, 0.5) is 10.8 Å². The Labute approximate surface area is 204 Å². The lowest BCUT2D eigenvalue weighted by atomic mass is 10.2. The van der Waals surface area contributed by atoms with Gasteiger partial charge in [-0.3, -0.25) is 9.59 Å².